The molecule has 0 radical (unpaired) electrons. The fourth-order valence-corrected chi connectivity index (χ4v) is 3.29. The van der Waals surface area contributed by atoms with Crippen molar-refractivity contribution in [3.63, 3.8) is 0 Å². The number of aromatic carboxylic acids is 1. The smallest absolute Gasteiger partial charge is 0.337 e. The Bertz CT molecular complexity index is 491. The van der Waals surface area contributed by atoms with Crippen LogP contribution in [0.3, 0.4) is 0 Å². The van der Waals surface area contributed by atoms with E-state index >= 15 is 0 Å². The lowest BCUT2D eigenvalue weighted by molar-refractivity contribution is 0.0697. The fourth-order valence-electron chi connectivity index (χ4n) is 1.78. The van der Waals surface area contributed by atoms with Gasteiger partial charge in [-0.2, -0.15) is 0 Å². The number of piperazine rings is 1. The third-order valence-corrected chi connectivity index (χ3v) is 4.84. The summed E-state index contributed by atoms with van der Waals surface area (Å²) in [5.74, 6) is -1.04. The molecule has 4 nitrogen and oxygen atoms in total. The number of nitrogens with zero attached hydrogens (tertiary/aromatic N) is 2. The van der Waals surface area contributed by atoms with Crippen LogP contribution in [-0.4, -0.2) is 53.5 Å². The Hall–Kier alpha value is -0.460. The predicted molar refractivity (Wildman–Crippen MR) is 78.3 cm³/mol. The molecule has 1 aliphatic rings. The number of halogens is 2. The average Bonchev–Trinajstić information content (AvgIpc) is 2.34. The SMILES string of the molecule is CN1CCN(Sc2cc(C(=O)O)c(Cl)cc2Cl)CC1. The number of carbonyl (C=O) groups is 1. The highest BCUT2D eigenvalue weighted by Gasteiger charge is 2.18. The van der Waals surface area contributed by atoms with Gasteiger partial charge in [0.2, 0.25) is 0 Å². The standard InChI is InChI=1S/C12H14Cl2N2O2S/c1-15-2-4-16(5-3-15)19-11-6-8(12(17)18)9(13)7-10(11)14/h6-7H,2-5H2,1H3,(H,17,18). The number of likely N-dealkylation sites (N-methyl/N-ethyl adjacent to an activating group) is 1. The highest BCUT2D eigenvalue weighted by molar-refractivity contribution is 7.97. The van der Waals surface area contributed by atoms with Crippen molar-refractivity contribution in [2.75, 3.05) is 33.2 Å². The van der Waals surface area contributed by atoms with Crippen LogP contribution in [0.2, 0.25) is 10.0 Å². The van der Waals surface area contributed by atoms with E-state index in [9.17, 15) is 4.79 Å². The summed E-state index contributed by atoms with van der Waals surface area (Å²) in [5, 5.41) is 9.72. The molecule has 1 saturated heterocycles. The molecule has 0 bridgehead atoms. The Kier molecular flexibility index (Phi) is 4.97. The topological polar surface area (TPSA) is 43.8 Å². The van der Waals surface area contributed by atoms with Gasteiger partial charge in [0.05, 0.1) is 15.6 Å². The van der Waals surface area contributed by atoms with Crippen LogP contribution in [-0.2, 0) is 0 Å². The third-order valence-electron chi connectivity index (χ3n) is 2.94. The molecule has 0 aliphatic carbocycles. The summed E-state index contributed by atoms with van der Waals surface area (Å²) in [6, 6.07) is 3.03. The van der Waals surface area contributed by atoms with Gasteiger partial charge in [-0.3, -0.25) is 0 Å². The second-order valence-corrected chi connectivity index (χ2v) is 6.34. The molecule has 0 amide bonds. The van der Waals surface area contributed by atoms with E-state index in [1.165, 1.54) is 24.1 Å². The van der Waals surface area contributed by atoms with Gasteiger partial charge in [0.1, 0.15) is 0 Å². The monoisotopic (exact) mass is 320 g/mol. The van der Waals surface area contributed by atoms with Gasteiger partial charge < -0.3 is 10.0 Å². The minimum absolute atomic E-state index is 0.0858. The minimum Gasteiger partial charge on any atom is -0.478 e. The van der Waals surface area contributed by atoms with Crippen molar-refractivity contribution in [1.29, 1.82) is 0 Å². The maximum atomic E-state index is 11.1. The highest BCUT2D eigenvalue weighted by Crippen LogP contribution is 2.34. The van der Waals surface area contributed by atoms with Crippen LogP contribution < -0.4 is 0 Å². The summed E-state index contributed by atoms with van der Waals surface area (Å²) in [7, 11) is 2.08. The number of carboxylic acid groups (broad SMARTS) is 1. The first-order chi connectivity index (χ1) is 8.97. The van der Waals surface area contributed by atoms with Crippen LogP contribution >= 0.6 is 35.1 Å². The van der Waals surface area contributed by atoms with Crippen LogP contribution in [0, 0.1) is 0 Å². The van der Waals surface area contributed by atoms with Crippen LogP contribution in [0.5, 0.6) is 0 Å². The lowest BCUT2D eigenvalue weighted by Crippen LogP contribution is -2.41. The van der Waals surface area contributed by atoms with Crippen molar-refractivity contribution in [2.24, 2.45) is 0 Å². The molecule has 1 aromatic rings. The lowest BCUT2D eigenvalue weighted by atomic mass is 10.2. The van der Waals surface area contributed by atoms with Gasteiger partial charge in [-0.15, -0.1) is 0 Å². The number of benzene rings is 1. The number of carboxylic acids is 1. The average molecular weight is 321 g/mol. The van der Waals surface area contributed by atoms with Gasteiger partial charge in [-0.05, 0) is 31.1 Å². The highest BCUT2D eigenvalue weighted by atomic mass is 35.5. The number of hydrogen-bond acceptors (Lipinski definition) is 4. The zero-order valence-electron chi connectivity index (χ0n) is 10.4. The van der Waals surface area contributed by atoms with E-state index in [4.69, 9.17) is 28.3 Å². The van der Waals surface area contributed by atoms with Crippen molar-refractivity contribution >= 4 is 41.1 Å². The van der Waals surface area contributed by atoms with Crippen molar-refractivity contribution in [3.05, 3.63) is 27.7 Å². The van der Waals surface area contributed by atoms with Gasteiger partial charge in [-0.1, -0.05) is 23.2 Å². The Morgan fingerprint density at radius 1 is 1.21 bits per heavy atom. The van der Waals surface area contributed by atoms with Gasteiger partial charge in [0, 0.05) is 31.1 Å². The zero-order chi connectivity index (χ0) is 14.0. The summed E-state index contributed by atoms with van der Waals surface area (Å²) < 4.78 is 2.18. The molecule has 0 atom stereocenters. The fraction of sp³-hybridized carbons (Fsp3) is 0.417. The third kappa shape index (κ3) is 3.77. The van der Waals surface area contributed by atoms with Gasteiger partial charge >= 0.3 is 5.97 Å². The minimum atomic E-state index is -1.04. The molecule has 1 aliphatic heterocycles. The van der Waals surface area contributed by atoms with E-state index in [1.54, 1.807) is 0 Å². The van der Waals surface area contributed by atoms with E-state index in [2.05, 4.69) is 16.3 Å². The lowest BCUT2D eigenvalue weighted by Gasteiger charge is -2.31. The van der Waals surface area contributed by atoms with Crippen LogP contribution in [0.25, 0.3) is 0 Å². The maximum absolute atomic E-state index is 11.1. The molecule has 1 N–H and O–H groups in total. The van der Waals surface area contributed by atoms with Gasteiger partial charge in [-0.25, -0.2) is 9.10 Å². The second kappa shape index (κ2) is 6.33. The molecule has 0 aromatic heterocycles. The molecule has 2 rings (SSSR count). The van der Waals surface area contributed by atoms with E-state index in [0.29, 0.717) is 5.02 Å². The number of hydrogen-bond donors (Lipinski definition) is 1. The molecule has 104 valence electrons. The summed E-state index contributed by atoms with van der Waals surface area (Å²) in [4.78, 5) is 14.0. The Labute approximate surface area is 126 Å². The first-order valence-electron chi connectivity index (χ1n) is 5.81. The molecule has 0 spiro atoms. The largest absolute Gasteiger partial charge is 0.478 e. The van der Waals surface area contributed by atoms with Crippen LogP contribution in [0.4, 0.5) is 0 Å². The summed E-state index contributed by atoms with van der Waals surface area (Å²) in [5.41, 5.74) is 0.0858. The normalized spacial score (nSPS) is 17.6. The van der Waals surface area contributed by atoms with Crippen molar-refractivity contribution in [1.82, 2.24) is 9.21 Å². The van der Waals surface area contributed by atoms with Crippen molar-refractivity contribution < 1.29 is 9.90 Å². The first-order valence-corrected chi connectivity index (χ1v) is 7.34. The summed E-state index contributed by atoms with van der Waals surface area (Å²) in [6.45, 7) is 3.82. The molecule has 7 heteroatoms. The molecule has 1 fully saturated rings. The Morgan fingerprint density at radius 2 is 1.84 bits per heavy atom. The molecule has 0 unspecified atom stereocenters. The van der Waals surface area contributed by atoms with Crippen LogP contribution in [0.15, 0.2) is 17.0 Å². The quantitative estimate of drug-likeness (QED) is 0.867. The zero-order valence-corrected chi connectivity index (χ0v) is 12.7. The van der Waals surface area contributed by atoms with E-state index < -0.39 is 5.97 Å². The second-order valence-electron chi connectivity index (χ2n) is 4.39. The maximum Gasteiger partial charge on any atom is 0.337 e. The molecule has 0 saturated carbocycles. The van der Waals surface area contributed by atoms with Gasteiger partial charge in [0.15, 0.2) is 0 Å². The van der Waals surface area contributed by atoms with Crippen molar-refractivity contribution in [2.45, 2.75) is 4.90 Å². The molecule has 1 heterocycles. The number of rotatable bonds is 3. The van der Waals surface area contributed by atoms with Gasteiger partial charge in [0.25, 0.3) is 0 Å². The molecular weight excluding hydrogens is 307 g/mol. The summed E-state index contributed by atoms with van der Waals surface area (Å²) in [6.07, 6.45) is 0. The predicted octanol–water partition coefficient (Wildman–Crippen LogP) is 2.95. The first kappa shape index (κ1) is 14.9. The van der Waals surface area contributed by atoms with E-state index in [1.807, 2.05) is 0 Å². The molecular formula is C12H14Cl2N2O2S. The van der Waals surface area contributed by atoms with E-state index in [0.717, 1.165) is 31.1 Å². The van der Waals surface area contributed by atoms with Crippen molar-refractivity contribution in [3.8, 4) is 0 Å². The van der Waals surface area contributed by atoms with E-state index in [-0.39, 0.29) is 10.6 Å². The molecule has 1 aromatic carbocycles. The Morgan fingerprint density at radius 3 is 2.42 bits per heavy atom. The van der Waals surface area contributed by atoms with Crippen LogP contribution in [0.1, 0.15) is 10.4 Å². The Balaban J connectivity index is 2.15. The molecule has 19 heavy (non-hydrogen) atoms. The summed E-state index contributed by atoms with van der Waals surface area (Å²) >= 11 is 13.5.